The summed E-state index contributed by atoms with van der Waals surface area (Å²) < 4.78 is 0. The summed E-state index contributed by atoms with van der Waals surface area (Å²) >= 11 is 5.46. The van der Waals surface area contributed by atoms with E-state index in [1.165, 1.54) is 0 Å². The third-order valence-corrected chi connectivity index (χ3v) is 0.946. The molecule has 0 aromatic carbocycles. The van der Waals surface area contributed by atoms with Gasteiger partial charge < -0.3 is 0 Å². The standard InChI is InChI=1S/C7H8ClN/c1-4-6(2)5-7(8)9-3/h4-5H,1-3H2/b7-5-. The van der Waals surface area contributed by atoms with E-state index in [-0.39, 0.29) is 0 Å². The maximum atomic E-state index is 5.46. The highest BCUT2D eigenvalue weighted by molar-refractivity contribution is 6.29. The first-order valence-corrected chi connectivity index (χ1v) is 2.73. The predicted molar refractivity (Wildman–Crippen MR) is 42.8 cm³/mol. The van der Waals surface area contributed by atoms with Crippen LogP contribution in [0.3, 0.4) is 0 Å². The molecule has 0 fully saturated rings. The quantitative estimate of drug-likeness (QED) is 0.325. The lowest BCUT2D eigenvalue weighted by Crippen LogP contribution is -1.66. The summed E-state index contributed by atoms with van der Waals surface area (Å²) in [7, 11) is 0. The fourth-order valence-corrected chi connectivity index (χ4v) is 0.398. The van der Waals surface area contributed by atoms with Crippen molar-refractivity contribution in [2.75, 3.05) is 0 Å². The Hall–Kier alpha value is -0.820. The van der Waals surface area contributed by atoms with Crippen molar-refractivity contribution in [1.29, 1.82) is 0 Å². The van der Waals surface area contributed by atoms with Crippen LogP contribution in [0, 0.1) is 0 Å². The van der Waals surface area contributed by atoms with Gasteiger partial charge in [-0.15, -0.1) is 0 Å². The first-order valence-electron chi connectivity index (χ1n) is 2.36. The van der Waals surface area contributed by atoms with Crippen molar-refractivity contribution in [3.8, 4) is 0 Å². The van der Waals surface area contributed by atoms with E-state index >= 15 is 0 Å². The zero-order valence-electron chi connectivity index (χ0n) is 5.10. The van der Waals surface area contributed by atoms with Gasteiger partial charge in [0.1, 0.15) is 5.16 Å². The molecule has 0 aliphatic carbocycles. The molecule has 1 nitrogen and oxygen atoms in total. The number of nitrogens with zero attached hydrogens (tertiary/aromatic N) is 1. The van der Waals surface area contributed by atoms with Crippen molar-refractivity contribution in [1.82, 2.24) is 0 Å². The van der Waals surface area contributed by atoms with Crippen LogP contribution in [0.4, 0.5) is 0 Å². The van der Waals surface area contributed by atoms with E-state index in [0.29, 0.717) is 5.16 Å². The summed E-state index contributed by atoms with van der Waals surface area (Å²) in [5.41, 5.74) is 0.729. The molecular formula is C7H8ClN. The molecule has 0 heterocycles. The Morgan fingerprint density at radius 3 is 2.44 bits per heavy atom. The Morgan fingerprint density at radius 2 is 2.11 bits per heavy atom. The molecule has 0 aliphatic heterocycles. The topological polar surface area (TPSA) is 12.4 Å². The van der Waals surface area contributed by atoms with Crippen LogP contribution < -0.4 is 0 Å². The lowest BCUT2D eigenvalue weighted by atomic mass is 10.3. The predicted octanol–water partition coefficient (Wildman–Crippen LogP) is 2.51. The smallest absolute Gasteiger partial charge is 0.128 e. The minimum Gasteiger partial charge on any atom is -0.252 e. The van der Waals surface area contributed by atoms with E-state index < -0.39 is 0 Å². The number of allylic oxidation sites excluding steroid dienone is 3. The minimum absolute atomic E-state index is 0.333. The van der Waals surface area contributed by atoms with Crippen molar-refractivity contribution >= 4 is 18.3 Å². The number of hydrogen-bond donors (Lipinski definition) is 0. The van der Waals surface area contributed by atoms with E-state index in [2.05, 4.69) is 24.9 Å². The second kappa shape index (κ2) is 4.10. The third kappa shape index (κ3) is 3.74. The van der Waals surface area contributed by atoms with Gasteiger partial charge in [-0.2, -0.15) is 0 Å². The monoisotopic (exact) mass is 141 g/mol. The number of hydrogen-bond acceptors (Lipinski definition) is 1. The van der Waals surface area contributed by atoms with Crippen LogP contribution >= 0.6 is 11.6 Å². The van der Waals surface area contributed by atoms with Gasteiger partial charge in [0, 0.05) is 0 Å². The zero-order valence-corrected chi connectivity index (χ0v) is 5.86. The normalized spacial score (nSPS) is 10.6. The van der Waals surface area contributed by atoms with Crippen LogP contribution in [-0.4, -0.2) is 6.72 Å². The molecular weight excluding hydrogens is 134 g/mol. The summed E-state index contributed by atoms with van der Waals surface area (Å²) in [6.45, 7) is 10.3. The summed E-state index contributed by atoms with van der Waals surface area (Å²) in [5, 5.41) is 0.333. The fraction of sp³-hybridized carbons (Fsp3) is 0. The highest BCUT2D eigenvalue weighted by Gasteiger charge is 1.83. The van der Waals surface area contributed by atoms with Crippen LogP contribution in [0.5, 0.6) is 0 Å². The first-order chi connectivity index (χ1) is 4.20. The zero-order chi connectivity index (χ0) is 7.28. The van der Waals surface area contributed by atoms with Gasteiger partial charge in [-0.3, -0.25) is 4.99 Å². The molecule has 0 aromatic heterocycles. The Labute approximate surface area is 60.1 Å². The molecule has 0 saturated heterocycles. The van der Waals surface area contributed by atoms with Gasteiger partial charge in [-0.25, -0.2) is 0 Å². The molecule has 0 spiro atoms. The van der Waals surface area contributed by atoms with E-state index in [1.807, 2.05) is 0 Å². The highest BCUT2D eigenvalue weighted by Crippen LogP contribution is 2.05. The van der Waals surface area contributed by atoms with Gasteiger partial charge in [0.25, 0.3) is 0 Å². The van der Waals surface area contributed by atoms with E-state index in [0.717, 1.165) is 5.57 Å². The summed E-state index contributed by atoms with van der Waals surface area (Å²) in [5.74, 6) is 0. The number of halogens is 1. The molecule has 0 N–H and O–H groups in total. The third-order valence-electron chi connectivity index (χ3n) is 0.718. The van der Waals surface area contributed by atoms with E-state index in [4.69, 9.17) is 11.6 Å². The molecule has 0 amide bonds. The average molecular weight is 142 g/mol. The molecule has 0 aromatic rings. The van der Waals surface area contributed by atoms with Crippen LogP contribution in [0.15, 0.2) is 41.0 Å². The van der Waals surface area contributed by atoms with Gasteiger partial charge in [0.2, 0.25) is 0 Å². The van der Waals surface area contributed by atoms with Gasteiger partial charge in [0.05, 0.1) is 0 Å². The second-order valence-corrected chi connectivity index (χ2v) is 1.79. The largest absolute Gasteiger partial charge is 0.252 e. The molecule has 2 heteroatoms. The average Bonchev–Trinajstić information content (AvgIpc) is 1.87. The van der Waals surface area contributed by atoms with Crippen molar-refractivity contribution in [3.63, 3.8) is 0 Å². The van der Waals surface area contributed by atoms with E-state index in [9.17, 15) is 0 Å². The molecule has 0 rings (SSSR count). The molecule has 0 saturated carbocycles. The molecule has 0 atom stereocenters. The molecule has 0 bridgehead atoms. The van der Waals surface area contributed by atoms with Crippen LogP contribution in [-0.2, 0) is 0 Å². The maximum Gasteiger partial charge on any atom is 0.128 e. The maximum absolute atomic E-state index is 5.46. The van der Waals surface area contributed by atoms with Crippen LogP contribution in [0.25, 0.3) is 0 Å². The fourth-order valence-electron chi connectivity index (χ4n) is 0.258. The van der Waals surface area contributed by atoms with Gasteiger partial charge >= 0.3 is 0 Å². The molecule has 0 unspecified atom stereocenters. The summed E-state index contributed by atoms with van der Waals surface area (Å²) in [6, 6.07) is 0. The molecule has 48 valence electrons. The first kappa shape index (κ1) is 8.18. The lowest BCUT2D eigenvalue weighted by molar-refractivity contribution is 1.52. The Kier molecular flexibility index (Phi) is 3.72. The van der Waals surface area contributed by atoms with Crippen LogP contribution in [0.2, 0.25) is 0 Å². The van der Waals surface area contributed by atoms with E-state index in [1.54, 1.807) is 12.2 Å². The van der Waals surface area contributed by atoms with Gasteiger partial charge in [0.15, 0.2) is 0 Å². The van der Waals surface area contributed by atoms with Crippen molar-refractivity contribution in [2.24, 2.45) is 4.99 Å². The lowest BCUT2D eigenvalue weighted by Gasteiger charge is -1.86. The van der Waals surface area contributed by atoms with Crippen LogP contribution in [0.1, 0.15) is 0 Å². The summed E-state index contributed by atoms with van der Waals surface area (Å²) in [4.78, 5) is 3.44. The molecule has 0 aliphatic rings. The SMILES string of the molecule is C=CC(=C)/C=C(/Cl)N=C. The number of aliphatic imine (C=N–C) groups is 1. The molecule has 9 heavy (non-hydrogen) atoms. The summed E-state index contributed by atoms with van der Waals surface area (Å²) in [6.07, 6.45) is 3.18. The number of rotatable bonds is 3. The van der Waals surface area contributed by atoms with Crippen molar-refractivity contribution < 1.29 is 0 Å². The molecule has 0 radical (unpaired) electrons. The Morgan fingerprint density at radius 1 is 1.56 bits per heavy atom. The Balaban J connectivity index is 4.10. The van der Waals surface area contributed by atoms with Gasteiger partial charge in [-0.05, 0) is 18.4 Å². The highest BCUT2D eigenvalue weighted by atomic mass is 35.5. The van der Waals surface area contributed by atoms with Crippen molar-refractivity contribution in [3.05, 3.63) is 36.0 Å². The second-order valence-electron chi connectivity index (χ2n) is 1.40. The van der Waals surface area contributed by atoms with Crippen molar-refractivity contribution in [2.45, 2.75) is 0 Å². The van der Waals surface area contributed by atoms with Gasteiger partial charge in [-0.1, -0.05) is 30.8 Å². The Bertz CT molecular complexity index is 168. The minimum atomic E-state index is 0.333.